The van der Waals surface area contributed by atoms with E-state index >= 15 is 0 Å². The van der Waals surface area contributed by atoms with Crippen LogP contribution in [0, 0.1) is 11.8 Å². The molecule has 0 saturated carbocycles. The maximum atomic E-state index is 13.4. The lowest BCUT2D eigenvalue weighted by atomic mass is 9.88. The number of fused-ring (bicyclic) bond motifs is 2. The van der Waals surface area contributed by atoms with Gasteiger partial charge in [0, 0.05) is 12.1 Å². The van der Waals surface area contributed by atoms with Crippen LogP contribution in [0.25, 0.3) is 22.2 Å². The van der Waals surface area contributed by atoms with Crippen molar-refractivity contribution in [2.75, 3.05) is 19.8 Å². The second kappa shape index (κ2) is 9.63. The van der Waals surface area contributed by atoms with Crippen molar-refractivity contribution in [3.63, 3.8) is 0 Å². The van der Waals surface area contributed by atoms with E-state index in [4.69, 9.17) is 9.84 Å². The lowest BCUT2D eigenvalue weighted by Gasteiger charge is -2.31. The molecule has 0 unspecified atom stereocenters. The Balaban J connectivity index is 1.26. The molecule has 4 aromatic rings. The highest BCUT2D eigenvalue weighted by Crippen LogP contribution is 2.33. The van der Waals surface area contributed by atoms with Gasteiger partial charge in [-0.3, -0.25) is 14.9 Å². The van der Waals surface area contributed by atoms with Gasteiger partial charge in [-0.25, -0.2) is 9.78 Å². The van der Waals surface area contributed by atoms with Crippen molar-refractivity contribution in [3.8, 4) is 28.7 Å². The summed E-state index contributed by atoms with van der Waals surface area (Å²) in [7, 11) is 0. The second-order valence-corrected chi connectivity index (χ2v) is 9.31. The Kier molecular flexibility index (Phi) is 5.98. The predicted molar refractivity (Wildman–Crippen MR) is 141 cm³/mol. The summed E-state index contributed by atoms with van der Waals surface area (Å²) in [5, 5.41) is 13.9. The monoisotopic (exact) mass is 521 g/mol. The minimum atomic E-state index is -1.44. The lowest BCUT2D eigenvalue weighted by molar-refractivity contribution is -0.124. The molecule has 194 valence electrons. The maximum Gasteiger partial charge on any atom is 0.322 e. The summed E-state index contributed by atoms with van der Waals surface area (Å²) in [6, 6.07) is 17.8. The normalized spacial score (nSPS) is 18.0. The number of aromatic nitrogens is 2. The average Bonchev–Trinajstić information content (AvgIpc) is 3.62. The van der Waals surface area contributed by atoms with E-state index in [2.05, 4.69) is 32.4 Å². The molecule has 1 fully saturated rings. The Hall–Kier alpha value is -5.14. The predicted octanol–water partition coefficient (Wildman–Crippen LogP) is 2.30. The summed E-state index contributed by atoms with van der Waals surface area (Å²) in [5.74, 6) is 4.85. The van der Waals surface area contributed by atoms with Crippen molar-refractivity contribution in [1.82, 2.24) is 25.5 Å². The standard InChI is InChI=1S/C29H23N5O5/c35-11-1-2-12-39-22-9-5-20-15-34(26(36)23(20)14-22)16-29(27(37)32-28(38)33-29)21-7-3-18(4-8-21)19-6-10-24-25(13-19)31-17-30-24/h3-10,13-14,17,35H,11-12,15-16H2,(H,30,31)(H2,32,33,37,38)/t29-/m1/s1. The van der Waals surface area contributed by atoms with Crippen molar-refractivity contribution in [1.29, 1.82) is 0 Å². The third kappa shape index (κ3) is 4.35. The van der Waals surface area contributed by atoms with Gasteiger partial charge in [-0.15, -0.1) is 0 Å². The number of carbonyl (C=O) groups excluding carboxylic acids is 3. The minimum absolute atomic E-state index is 0.0459. The number of aliphatic hydroxyl groups excluding tert-OH is 1. The van der Waals surface area contributed by atoms with Gasteiger partial charge in [-0.05, 0) is 46.5 Å². The van der Waals surface area contributed by atoms with E-state index in [1.54, 1.807) is 41.6 Å². The van der Waals surface area contributed by atoms with E-state index in [1.165, 1.54) is 0 Å². The van der Waals surface area contributed by atoms with Crippen LogP contribution in [0.15, 0.2) is 67.0 Å². The highest BCUT2D eigenvalue weighted by molar-refractivity contribution is 6.08. The number of nitrogens with one attached hydrogen (secondary N) is 3. The van der Waals surface area contributed by atoms with Crippen LogP contribution in [0.1, 0.15) is 21.5 Å². The van der Waals surface area contributed by atoms with Gasteiger partial charge in [0.15, 0.2) is 5.54 Å². The van der Waals surface area contributed by atoms with Crippen LogP contribution in [-0.2, 0) is 16.9 Å². The van der Waals surface area contributed by atoms with E-state index in [0.717, 1.165) is 27.7 Å². The van der Waals surface area contributed by atoms with E-state index in [0.29, 0.717) is 16.9 Å². The van der Waals surface area contributed by atoms with E-state index < -0.39 is 17.5 Å². The molecule has 3 aromatic carbocycles. The number of rotatable bonds is 6. The Morgan fingerprint density at radius 2 is 1.82 bits per heavy atom. The number of aliphatic hydroxyl groups is 1. The van der Waals surface area contributed by atoms with Gasteiger partial charge >= 0.3 is 6.03 Å². The maximum absolute atomic E-state index is 13.4. The molecule has 0 bridgehead atoms. The van der Waals surface area contributed by atoms with Gasteiger partial charge in [0.25, 0.3) is 11.8 Å². The largest absolute Gasteiger partial charge is 0.481 e. The molecule has 2 aliphatic heterocycles. The van der Waals surface area contributed by atoms with Crippen molar-refractivity contribution >= 4 is 28.9 Å². The molecule has 1 atom stereocenters. The van der Waals surface area contributed by atoms with Crippen LogP contribution in [0.4, 0.5) is 4.79 Å². The highest BCUT2D eigenvalue weighted by Gasteiger charge is 2.50. The fourth-order valence-corrected chi connectivity index (χ4v) is 5.03. The van der Waals surface area contributed by atoms with Gasteiger partial charge in [-0.1, -0.05) is 48.2 Å². The molecule has 0 spiro atoms. The zero-order chi connectivity index (χ0) is 27.0. The number of hydrogen-bond donors (Lipinski definition) is 4. The Morgan fingerprint density at radius 3 is 2.59 bits per heavy atom. The number of hydrogen-bond acceptors (Lipinski definition) is 6. The molecule has 1 saturated heterocycles. The van der Waals surface area contributed by atoms with Crippen molar-refractivity contribution in [2.24, 2.45) is 0 Å². The molecule has 4 N–H and O–H groups in total. The third-order valence-electron chi connectivity index (χ3n) is 6.98. The van der Waals surface area contributed by atoms with Gasteiger partial charge < -0.3 is 25.0 Å². The number of imide groups is 1. The summed E-state index contributed by atoms with van der Waals surface area (Å²) < 4.78 is 5.56. The molecule has 39 heavy (non-hydrogen) atoms. The fraction of sp³-hybridized carbons (Fsp3) is 0.172. The van der Waals surface area contributed by atoms with Crippen LogP contribution >= 0.6 is 0 Å². The Bertz CT molecular complexity index is 1680. The third-order valence-corrected chi connectivity index (χ3v) is 6.98. The van der Waals surface area contributed by atoms with Crippen molar-refractivity contribution in [3.05, 3.63) is 83.7 Å². The molecule has 10 nitrogen and oxygen atoms in total. The van der Waals surface area contributed by atoms with Crippen LogP contribution in [0.2, 0.25) is 0 Å². The zero-order valence-electron chi connectivity index (χ0n) is 20.7. The smallest absolute Gasteiger partial charge is 0.322 e. The van der Waals surface area contributed by atoms with Crippen molar-refractivity contribution < 1.29 is 24.2 Å². The Morgan fingerprint density at radius 1 is 1.00 bits per heavy atom. The minimum Gasteiger partial charge on any atom is -0.481 e. The number of ether oxygens (including phenoxy) is 1. The molecule has 2 aliphatic rings. The first kappa shape index (κ1) is 24.2. The SMILES string of the molecule is O=C1NC(=O)[C@@](CN2Cc3ccc(OCC#CCO)cc3C2=O)(c2ccc(-c3ccc4nc[nH]c4c3)cc2)N1. The van der Waals surface area contributed by atoms with E-state index in [-0.39, 0.29) is 32.2 Å². The van der Waals surface area contributed by atoms with Crippen LogP contribution in [0.5, 0.6) is 5.75 Å². The summed E-state index contributed by atoms with van der Waals surface area (Å²) in [6.07, 6.45) is 1.64. The Labute approximate surface area is 223 Å². The molecular formula is C29H23N5O5. The first-order chi connectivity index (χ1) is 19.0. The number of aromatic amines is 1. The van der Waals surface area contributed by atoms with E-state index in [9.17, 15) is 14.4 Å². The number of urea groups is 1. The molecule has 10 heteroatoms. The first-order valence-corrected chi connectivity index (χ1v) is 12.3. The van der Waals surface area contributed by atoms with Crippen LogP contribution in [-0.4, -0.2) is 57.6 Å². The summed E-state index contributed by atoms with van der Waals surface area (Å²) in [5.41, 5.74) is 4.05. The number of benzene rings is 3. The summed E-state index contributed by atoms with van der Waals surface area (Å²) >= 11 is 0. The molecule has 0 aliphatic carbocycles. The summed E-state index contributed by atoms with van der Waals surface area (Å²) in [4.78, 5) is 47.7. The fourth-order valence-electron chi connectivity index (χ4n) is 5.03. The average molecular weight is 522 g/mol. The van der Waals surface area contributed by atoms with Gasteiger partial charge in [0.05, 0.1) is 23.9 Å². The molecule has 3 heterocycles. The zero-order valence-corrected chi connectivity index (χ0v) is 20.7. The number of carbonyl (C=O) groups is 3. The number of nitrogens with zero attached hydrogens (tertiary/aromatic N) is 2. The molecule has 6 rings (SSSR count). The van der Waals surface area contributed by atoms with Crippen LogP contribution < -0.4 is 15.4 Å². The molecule has 1 aromatic heterocycles. The quantitative estimate of drug-likeness (QED) is 0.227. The molecule has 4 amide bonds. The summed E-state index contributed by atoms with van der Waals surface area (Å²) in [6.45, 7) is 0.0659. The van der Waals surface area contributed by atoms with Gasteiger partial charge in [-0.2, -0.15) is 0 Å². The highest BCUT2D eigenvalue weighted by atomic mass is 16.5. The lowest BCUT2D eigenvalue weighted by Crippen LogP contribution is -2.52. The number of imidazole rings is 1. The first-order valence-electron chi connectivity index (χ1n) is 12.3. The number of H-pyrrole nitrogens is 1. The molecular weight excluding hydrogens is 498 g/mol. The number of amides is 4. The van der Waals surface area contributed by atoms with Gasteiger partial charge in [0.1, 0.15) is 19.0 Å². The topological polar surface area (TPSA) is 137 Å². The van der Waals surface area contributed by atoms with E-state index in [1.807, 2.05) is 30.3 Å². The molecule has 0 radical (unpaired) electrons. The van der Waals surface area contributed by atoms with Gasteiger partial charge in [0.2, 0.25) is 0 Å². The van der Waals surface area contributed by atoms with Crippen LogP contribution in [0.3, 0.4) is 0 Å². The second-order valence-electron chi connectivity index (χ2n) is 9.31. The van der Waals surface area contributed by atoms with Crippen molar-refractivity contribution in [2.45, 2.75) is 12.1 Å².